The highest BCUT2D eigenvalue weighted by Crippen LogP contribution is 2.32. The molecule has 1 nitrogen and oxygen atoms in total. The van der Waals surface area contributed by atoms with Crippen LogP contribution in [0.1, 0.15) is 38.2 Å². The molecule has 0 aliphatic rings. The number of rotatable bonds is 5. The fraction of sp³-hybridized carbons (Fsp3) is 0.538. The van der Waals surface area contributed by atoms with E-state index in [0.29, 0.717) is 18.4 Å². The molecule has 0 heterocycles. The van der Waals surface area contributed by atoms with Gasteiger partial charge in [0.05, 0.1) is 0 Å². The van der Waals surface area contributed by atoms with E-state index in [4.69, 9.17) is 17.3 Å². The summed E-state index contributed by atoms with van der Waals surface area (Å²) in [6, 6.07) is 8.04. The molecule has 84 valence electrons. The first kappa shape index (κ1) is 12.5. The van der Waals surface area contributed by atoms with Crippen LogP contribution in [0, 0.1) is 5.92 Å². The van der Waals surface area contributed by atoms with Gasteiger partial charge in [0.15, 0.2) is 0 Å². The van der Waals surface area contributed by atoms with E-state index in [1.807, 2.05) is 18.2 Å². The van der Waals surface area contributed by atoms with Gasteiger partial charge in [-0.1, -0.05) is 56.5 Å². The molecule has 1 aromatic carbocycles. The number of halogens is 1. The molecule has 0 aromatic heterocycles. The molecule has 0 saturated heterocycles. The second-order valence-electron chi connectivity index (χ2n) is 3.94. The third-order valence-electron chi connectivity index (χ3n) is 3.18. The zero-order valence-corrected chi connectivity index (χ0v) is 10.3. The van der Waals surface area contributed by atoms with Crippen molar-refractivity contribution in [2.75, 3.05) is 6.54 Å². The van der Waals surface area contributed by atoms with E-state index in [2.05, 4.69) is 19.9 Å². The summed E-state index contributed by atoms with van der Waals surface area (Å²) in [5.41, 5.74) is 7.07. The van der Waals surface area contributed by atoms with E-state index in [-0.39, 0.29) is 0 Å². The Balaban J connectivity index is 2.96. The van der Waals surface area contributed by atoms with Gasteiger partial charge in [-0.25, -0.2) is 0 Å². The molecular formula is C13H20ClN. The molecule has 2 heteroatoms. The first-order valence-corrected chi connectivity index (χ1v) is 6.06. The molecule has 0 fully saturated rings. The predicted octanol–water partition coefficient (Wildman–Crippen LogP) is 3.82. The monoisotopic (exact) mass is 225 g/mol. The Morgan fingerprint density at radius 2 is 1.80 bits per heavy atom. The maximum Gasteiger partial charge on any atom is 0.0441 e. The highest BCUT2D eigenvalue weighted by Gasteiger charge is 2.20. The minimum absolute atomic E-state index is 0.397. The number of benzene rings is 1. The second kappa shape index (κ2) is 6.14. The highest BCUT2D eigenvalue weighted by atomic mass is 35.5. The van der Waals surface area contributed by atoms with Gasteiger partial charge >= 0.3 is 0 Å². The molecule has 1 rings (SSSR count). The summed E-state index contributed by atoms with van der Waals surface area (Å²) in [7, 11) is 0. The number of hydrogen-bond donors (Lipinski definition) is 1. The summed E-state index contributed by atoms with van der Waals surface area (Å²) in [4.78, 5) is 0. The van der Waals surface area contributed by atoms with Crippen molar-refractivity contribution >= 4 is 11.6 Å². The van der Waals surface area contributed by atoms with E-state index >= 15 is 0 Å². The molecule has 1 unspecified atom stereocenters. The Bertz CT molecular complexity index is 294. The molecule has 2 N–H and O–H groups in total. The van der Waals surface area contributed by atoms with Gasteiger partial charge in [-0.15, -0.1) is 0 Å². The number of hydrogen-bond acceptors (Lipinski definition) is 1. The Morgan fingerprint density at radius 1 is 1.20 bits per heavy atom. The lowest BCUT2D eigenvalue weighted by atomic mass is 9.83. The van der Waals surface area contributed by atoms with Crippen LogP contribution in [0.25, 0.3) is 0 Å². The van der Waals surface area contributed by atoms with Crippen LogP contribution in [-0.2, 0) is 0 Å². The van der Waals surface area contributed by atoms with Crippen LogP contribution in [0.4, 0.5) is 0 Å². The van der Waals surface area contributed by atoms with E-state index in [9.17, 15) is 0 Å². The fourth-order valence-electron chi connectivity index (χ4n) is 2.21. The summed E-state index contributed by atoms with van der Waals surface area (Å²) in [6.45, 7) is 5.11. The highest BCUT2D eigenvalue weighted by molar-refractivity contribution is 6.31. The van der Waals surface area contributed by atoms with Crippen LogP contribution in [0.2, 0.25) is 5.02 Å². The SMILES string of the molecule is CCC(CC)C(CN)c1ccccc1Cl. The van der Waals surface area contributed by atoms with Gasteiger partial charge in [-0.05, 0) is 24.1 Å². The van der Waals surface area contributed by atoms with Gasteiger partial charge in [-0.2, -0.15) is 0 Å². The predicted molar refractivity (Wildman–Crippen MR) is 67.3 cm³/mol. The zero-order chi connectivity index (χ0) is 11.3. The normalized spacial score (nSPS) is 13.1. The standard InChI is InChI=1S/C13H20ClN/c1-3-10(4-2)12(9-15)11-7-5-6-8-13(11)14/h5-8,10,12H,3-4,9,15H2,1-2H3. The van der Waals surface area contributed by atoms with E-state index < -0.39 is 0 Å². The van der Waals surface area contributed by atoms with Crippen molar-refractivity contribution in [1.29, 1.82) is 0 Å². The van der Waals surface area contributed by atoms with E-state index in [1.165, 1.54) is 5.56 Å². The Hall–Kier alpha value is -0.530. The molecule has 0 aliphatic heterocycles. The molecule has 0 amide bonds. The van der Waals surface area contributed by atoms with Gasteiger partial charge in [-0.3, -0.25) is 0 Å². The van der Waals surface area contributed by atoms with Crippen LogP contribution >= 0.6 is 11.6 Å². The van der Waals surface area contributed by atoms with Crippen LogP contribution < -0.4 is 5.73 Å². The molecular weight excluding hydrogens is 206 g/mol. The molecule has 1 atom stereocenters. The lowest BCUT2D eigenvalue weighted by Crippen LogP contribution is -2.21. The maximum absolute atomic E-state index is 6.20. The summed E-state index contributed by atoms with van der Waals surface area (Å²) < 4.78 is 0. The third-order valence-corrected chi connectivity index (χ3v) is 3.52. The van der Waals surface area contributed by atoms with Crippen LogP contribution in [0.3, 0.4) is 0 Å². The summed E-state index contributed by atoms with van der Waals surface area (Å²) in [6.07, 6.45) is 2.31. The minimum Gasteiger partial charge on any atom is -0.330 e. The van der Waals surface area contributed by atoms with Crippen molar-refractivity contribution in [2.24, 2.45) is 11.7 Å². The van der Waals surface area contributed by atoms with Crippen LogP contribution in [0.15, 0.2) is 24.3 Å². The van der Waals surface area contributed by atoms with Crippen LogP contribution in [0.5, 0.6) is 0 Å². The maximum atomic E-state index is 6.20. The molecule has 0 radical (unpaired) electrons. The van der Waals surface area contributed by atoms with E-state index in [0.717, 1.165) is 17.9 Å². The lowest BCUT2D eigenvalue weighted by Gasteiger charge is -2.25. The van der Waals surface area contributed by atoms with Crippen molar-refractivity contribution in [1.82, 2.24) is 0 Å². The van der Waals surface area contributed by atoms with E-state index in [1.54, 1.807) is 0 Å². The van der Waals surface area contributed by atoms with Crippen molar-refractivity contribution in [3.63, 3.8) is 0 Å². The second-order valence-corrected chi connectivity index (χ2v) is 4.35. The zero-order valence-electron chi connectivity index (χ0n) is 9.54. The molecule has 0 bridgehead atoms. The first-order valence-electron chi connectivity index (χ1n) is 5.69. The largest absolute Gasteiger partial charge is 0.330 e. The lowest BCUT2D eigenvalue weighted by molar-refractivity contribution is 0.402. The molecule has 0 aliphatic carbocycles. The van der Waals surface area contributed by atoms with Gasteiger partial charge < -0.3 is 5.73 Å². The molecule has 0 spiro atoms. The molecule has 0 saturated carbocycles. The quantitative estimate of drug-likeness (QED) is 0.810. The summed E-state index contributed by atoms with van der Waals surface area (Å²) in [5.74, 6) is 1.03. The van der Waals surface area contributed by atoms with Gasteiger partial charge in [0.1, 0.15) is 0 Å². The average molecular weight is 226 g/mol. The Morgan fingerprint density at radius 3 is 2.27 bits per heavy atom. The average Bonchev–Trinajstić information content (AvgIpc) is 2.27. The minimum atomic E-state index is 0.397. The van der Waals surface area contributed by atoms with Gasteiger partial charge in [0.25, 0.3) is 0 Å². The molecule has 1 aromatic rings. The smallest absolute Gasteiger partial charge is 0.0441 e. The van der Waals surface area contributed by atoms with Crippen molar-refractivity contribution < 1.29 is 0 Å². The molecule has 15 heavy (non-hydrogen) atoms. The Kier molecular flexibility index (Phi) is 5.13. The summed E-state index contributed by atoms with van der Waals surface area (Å²) >= 11 is 6.20. The topological polar surface area (TPSA) is 26.0 Å². The Labute approximate surface area is 97.6 Å². The fourth-order valence-corrected chi connectivity index (χ4v) is 2.48. The summed E-state index contributed by atoms with van der Waals surface area (Å²) in [5, 5.41) is 0.847. The van der Waals surface area contributed by atoms with Crippen molar-refractivity contribution in [3.8, 4) is 0 Å². The van der Waals surface area contributed by atoms with Crippen molar-refractivity contribution in [2.45, 2.75) is 32.6 Å². The van der Waals surface area contributed by atoms with Crippen molar-refractivity contribution in [3.05, 3.63) is 34.9 Å². The van der Waals surface area contributed by atoms with Crippen LogP contribution in [-0.4, -0.2) is 6.54 Å². The van der Waals surface area contributed by atoms with Gasteiger partial charge in [0.2, 0.25) is 0 Å². The van der Waals surface area contributed by atoms with Gasteiger partial charge in [0, 0.05) is 10.9 Å². The third kappa shape index (κ3) is 2.96. The number of nitrogens with two attached hydrogens (primary N) is 1. The first-order chi connectivity index (χ1) is 7.24.